The van der Waals surface area contributed by atoms with Crippen LogP contribution >= 0.6 is 0 Å². The van der Waals surface area contributed by atoms with Crippen LogP contribution in [0.15, 0.2) is 30.3 Å². The summed E-state index contributed by atoms with van der Waals surface area (Å²) in [6.45, 7) is 3.26. The Morgan fingerprint density at radius 2 is 1.63 bits per heavy atom. The lowest BCUT2D eigenvalue weighted by Crippen LogP contribution is -2.60. The highest BCUT2D eigenvalue weighted by molar-refractivity contribution is 5.54. The Hall–Kier alpha value is -2.30. The summed E-state index contributed by atoms with van der Waals surface area (Å²) >= 11 is 0. The zero-order valence-electron chi connectivity index (χ0n) is 15.0. The van der Waals surface area contributed by atoms with Crippen LogP contribution in [0.5, 0.6) is 5.75 Å². The number of anilines is 2. The summed E-state index contributed by atoms with van der Waals surface area (Å²) in [4.78, 5) is 8.61. The summed E-state index contributed by atoms with van der Waals surface area (Å²) in [6, 6.07) is 8.64. The average Bonchev–Trinajstić information content (AvgIpc) is 2.63. The number of aryl methyl sites for hydroxylation is 2. The second-order valence-corrected chi connectivity index (χ2v) is 6.44. The number of ether oxygens (including phenoxy) is 2. The molecule has 5 atom stereocenters. The van der Waals surface area contributed by atoms with E-state index in [0.29, 0.717) is 11.7 Å². The van der Waals surface area contributed by atoms with E-state index >= 15 is 0 Å². The first-order valence-electron chi connectivity index (χ1n) is 8.54. The Balaban J connectivity index is 1.66. The molecule has 146 valence electrons. The van der Waals surface area contributed by atoms with Crippen molar-refractivity contribution in [2.45, 2.75) is 44.6 Å². The van der Waals surface area contributed by atoms with Gasteiger partial charge in [0.1, 0.15) is 30.2 Å². The maximum absolute atomic E-state index is 10.0. The van der Waals surface area contributed by atoms with E-state index in [1.54, 1.807) is 24.3 Å². The van der Waals surface area contributed by atoms with Gasteiger partial charge in [0.05, 0.1) is 6.61 Å². The van der Waals surface area contributed by atoms with E-state index in [0.717, 1.165) is 17.1 Å². The molecule has 1 saturated heterocycles. The SMILES string of the molecule is Cc1cc(C)nc(Nc2ccc(O[C@@H]3O[C@H](CO)[C@@H](O)[C@H](O)[C@H]3O)cc2)n1. The molecule has 1 fully saturated rings. The third kappa shape index (κ3) is 4.52. The van der Waals surface area contributed by atoms with Gasteiger partial charge in [-0.25, -0.2) is 9.97 Å². The predicted octanol–water partition coefficient (Wildman–Crippen LogP) is 0.0157. The smallest absolute Gasteiger partial charge is 0.229 e. The molecular weight excluding hydrogens is 354 g/mol. The molecule has 1 aromatic heterocycles. The van der Waals surface area contributed by atoms with Crippen molar-refractivity contribution in [3.8, 4) is 5.75 Å². The molecule has 9 heteroatoms. The summed E-state index contributed by atoms with van der Waals surface area (Å²) in [5.74, 6) is 0.862. The third-order valence-electron chi connectivity index (χ3n) is 4.19. The minimum absolute atomic E-state index is 0.381. The first-order valence-corrected chi connectivity index (χ1v) is 8.54. The van der Waals surface area contributed by atoms with Gasteiger partial charge in [-0.2, -0.15) is 0 Å². The van der Waals surface area contributed by atoms with Gasteiger partial charge in [-0.05, 0) is 44.2 Å². The first-order chi connectivity index (χ1) is 12.9. The van der Waals surface area contributed by atoms with Crippen LogP contribution in [0.25, 0.3) is 0 Å². The molecule has 0 spiro atoms. The van der Waals surface area contributed by atoms with E-state index in [4.69, 9.17) is 9.47 Å². The van der Waals surface area contributed by atoms with Crippen LogP contribution in [-0.4, -0.2) is 67.7 Å². The minimum atomic E-state index is -1.48. The summed E-state index contributed by atoms with van der Waals surface area (Å²) in [5.41, 5.74) is 2.45. The Labute approximate surface area is 156 Å². The number of aliphatic hydroxyl groups is 4. The van der Waals surface area contributed by atoms with Crippen molar-refractivity contribution in [2.75, 3.05) is 11.9 Å². The van der Waals surface area contributed by atoms with Gasteiger partial charge in [0.25, 0.3) is 0 Å². The zero-order chi connectivity index (χ0) is 19.6. The van der Waals surface area contributed by atoms with Crippen LogP contribution in [0.3, 0.4) is 0 Å². The lowest BCUT2D eigenvalue weighted by atomic mass is 9.99. The summed E-state index contributed by atoms with van der Waals surface area (Å²) in [7, 11) is 0. The third-order valence-corrected chi connectivity index (χ3v) is 4.19. The molecule has 27 heavy (non-hydrogen) atoms. The highest BCUT2D eigenvalue weighted by Crippen LogP contribution is 2.25. The van der Waals surface area contributed by atoms with Crippen LogP contribution in [-0.2, 0) is 4.74 Å². The van der Waals surface area contributed by atoms with E-state index in [-0.39, 0.29) is 0 Å². The zero-order valence-corrected chi connectivity index (χ0v) is 15.0. The normalized spacial score (nSPS) is 28.0. The monoisotopic (exact) mass is 377 g/mol. The quantitative estimate of drug-likeness (QED) is 0.488. The maximum Gasteiger partial charge on any atom is 0.229 e. The van der Waals surface area contributed by atoms with Crippen molar-refractivity contribution < 1.29 is 29.9 Å². The molecule has 0 amide bonds. The van der Waals surface area contributed by atoms with Gasteiger partial charge in [0.15, 0.2) is 0 Å². The molecular formula is C18H23N3O6. The van der Waals surface area contributed by atoms with Crippen molar-refractivity contribution in [3.05, 3.63) is 41.7 Å². The van der Waals surface area contributed by atoms with Gasteiger partial charge in [0, 0.05) is 17.1 Å². The van der Waals surface area contributed by atoms with Gasteiger partial charge < -0.3 is 35.2 Å². The van der Waals surface area contributed by atoms with E-state index in [9.17, 15) is 20.4 Å². The van der Waals surface area contributed by atoms with Gasteiger partial charge in [0.2, 0.25) is 12.2 Å². The molecule has 0 radical (unpaired) electrons. The second kappa shape index (κ2) is 8.15. The minimum Gasteiger partial charge on any atom is -0.462 e. The number of nitrogens with zero attached hydrogens (tertiary/aromatic N) is 2. The largest absolute Gasteiger partial charge is 0.462 e. The molecule has 1 aliphatic rings. The molecule has 2 aromatic rings. The van der Waals surface area contributed by atoms with Gasteiger partial charge >= 0.3 is 0 Å². The average molecular weight is 377 g/mol. The fourth-order valence-corrected chi connectivity index (χ4v) is 2.83. The number of aliphatic hydroxyl groups excluding tert-OH is 4. The molecule has 2 heterocycles. The maximum atomic E-state index is 10.0. The first kappa shape index (κ1) is 19.5. The highest BCUT2D eigenvalue weighted by atomic mass is 16.7. The van der Waals surface area contributed by atoms with E-state index in [2.05, 4.69) is 15.3 Å². The fourth-order valence-electron chi connectivity index (χ4n) is 2.83. The fraction of sp³-hybridized carbons (Fsp3) is 0.444. The lowest BCUT2D eigenvalue weighted by Gasteiger charge is -2.39. The van der Waals surface area contributed by atoms with Crippen LogP contribution in [0, 0.1) is 13.8 Å². The van der Waals surface area contributed by atoms with Gasteiger partial charge in [-0.3, -0.25) is 0 Å². The molecule has 3 rings (SSSR count). The van der Waals surface area contributed by atoms with Crippen LogP contribution in [0.1, 0.15) is 11.4 Å². The van der Waals surface area contributed by atoms with Crippen LogP contribution < -0.4 is 10.1 Å². The molecule has 1 aliphatic heterocycles. The topological polar surface area (TPSA) is 137 Å². The van der Waals surface area contributed by atoms with Crippen molar-refractivity contribution in [2.24, 2.45) is 0 Å². The number of nitrogens with one attached hydrogen (secondary N) is 1. The van der Waals surface area contributed by atoms with E-state index in [1.165, 1.54) is 0 Å². The van der Waals surface area contributed by atoms with Crippen molar-refractivity contribution >= 4 is 11.6 Å². The van der Waals surface area contributed by atoms with E-state index in [1.807, 2.05) is 19.9 Å². The van der Waals surface area contributed by atoms with Gasteiger partial charge in [-0.1, -0.05) is 0 Å². The number of aromatic nitrogens is 2. The van der Waals surface area contributed by atoms with Crippen molar-refractivity contribution in [1.29, 1.82) is 0 Å². The molecule has 1 aromatic carbocycles. The highest BCUT2D eigenvalue weighted by Gasteiger charge is 2.44. The Bertz CT molecular complexity index is 750. The number of hydrogen-bond donors (Lipinski definition) is 5. The second-order valence-electron chi connectivity index (χ2n) is 6.44. The molecule has 9 nitrogen and oxygen atoms in total. The Kier molecular flexibility index (Phi) is 5.88. The Morgan fingerprint density at radius 3 is 2.22 bits per heavy atom. The summed E-state index contributed by atoms with van der Waals surface area (Å²) in [6.07, 6.45) is -6.60. The van der Waals surface area contributed by atoms with E-state index < -0.39 is 37.3 Å². The number of benzene rings is 1. The molecule has 0 unspecified atom stereocenters. The van der Waals surface area contributed by atoms with Gasteiger partial charge in [-0.15, -0.1) is 0 Å². The molecule has 0 aliphatic carbocycles. The summed E-state index contributed by atoms with van der Waals surface area (Å²) < 4.78 is 10.9. The van der Waals surface area contributed by atoms with Crippen LogP contribution in [0.2, 0.25) is 0 Å². The van der Waals surface area contributed by atoms with Crippen molar-refractivity contribution in [1.82, 2.24) is 9.97 Å². The standard InChI is InChI=1S/C18H23N3O6/c1-9-7-10(2)20-18(19-9)21-11-3-5-12(6-4-11)26-17-16(25)15(24)14(23)13(8-22)27-17/h3-7,13-17,22-25H,8H2,1-2H3,(H,19,20,21)/t13-,14-,15+,16-,17-/m1/s1. The molecule has 0 bridgehead atoms. The predicted molar refractivity (Wildman–Crippen MR) is 95.6 cm³/mol. The summed E-state index contributed by atoms with van der Waals surface area (Å²) in [5, 5.41) is 41.9. The number of hydrogen-bond acceptors (Lipinski definition) is 9. The van der Waals surface area contributed by atoms with Crippen LogP contribution in [0.4, 0.5) is 11.6 Å². The lowest BCUT2D eigenvalue weighted by molar-refractivity contribution is -0.277. The van der Waals surface area contributed by atoms with Crippen molar-refractivity contribution in [3.63, 3.8) is 0 Å². The Morgan fingerprint density at radius 1 is 1.00 bits per heavy atom. The molecule has 5 N–H and O–H groups in total. The molecule has 0 saturated carbocycles. The number of rotatable bonds is 5.